The number of ketones is 1. The van der Waals surface area contributed by atoms with Gasteiger partial charge in [-0.25, -0.2) is 4.39 Å². The molecule has 0 radical (unpaired) electrons. The molecule has 0 spiro atoms. The van der Waals surface area contributed by atoms with Crippen LogP contribution in [0.4, 0.5) is 4.39 Å². The number of aryl methyl sites for hydroxylation is 1. The minimum atomic E-state index is -1.02. The van der Waals surface area contributed by atoms with E-state index in [1.165, 1.54) is 11.0 Å². The maximum absolute atomic E-state index is 15.0. The van der Waals surface area contributed by atoms with Crippen LogP contribution in [0.15, 0.2) is 78.4 Å². The van der Waals surface area contributed by atoms with Crippen molar-refractivity contribution in [1.29, 1.82) is 0 Å². The van der Waals surface area contributed by atoms with Gasteiger partial charge in [-0.1, -0.05) is 56.3 Å². The molecule has 3 aromatic rings. The van der Waals surface area contributed by atoms with Gasteiger partial charge in [0.25, 0.3) is 11.7 Å². The first-order valence-electron chi connectivity index (χ1n) is 12.9. The van der Waals surface area contributed by atoms with Gasteiger partial charge in [0.1, 0.15) is 23.9 Å². The van der Waals surface area contributed by atoms with E-state index in [-0.39, 0.29) is 23.4 Å². The molecule has 38 heavy (non-hydrogen) atoms. The van der Waals surface area contributed by atoms with Crippen molar-refractivity contribution in [3.8, 4) is 5.75 Å². The summed E-state index contributed by atoms with van der Waals surface area (Å²) in [5.41, 5.74) is 2.59. The molecule has 1 unspecified atom stereocenters. The van der Waals surface area contributed by atoms with Crippen molar-refractivity contribution in [3.63, 3.8) is 0 Å². The lowest BCUT2D eigenvalue weighted by Gasteiger charge is -2.28. The summed E-state index contributed by atoms with van der Waals surface area (Å²) in [6.45, 7) is 8.75. The number of likely N-dealkylation sites (tertiary alicyclic amines) is 1. The van der Waals surface area contributed by atoms with E-state index in [2.05, 4.69) is 4.90 Å². The number of aliphatic hydroxyl groups is 1. The van der Waals surface area contributed by atoms with Crippen LogP contribution in [0.5, 0.6) is 5.75 Å². The van der Waals surface area contributed by atoms with Crippen LogP contribution in [0.1, 0.15) is 42.1 Å². The third kappa shape index (κ3) is 5.63. The number of nitrogens with zero attached hydrogens (tertiary/aromatic N) is 2. The lowest BCUT2D eigenvalue weighted by molar-refractivity contribution is -0.140. The second-order valence-corrected chi connectivity index (χ2v) is 9.28. The van der Waals surface area contributed by atoms with E-state index in [4.69, 9.17) is 4.74 Å². The fourth-order valence-corrected chi connectivity index (χ4v) is 4.72. The maximum Gasteiger partial charge on any atom is 0.295 e. The lowest BCUT2D eigenvalue weighted by atomic mass is 9.95. The predicted octanol–water partition coefficient (Wildman–Crippen LogP) is 5.48. The zero-order chi connectivity index (χ0) is 27.2. The zero-order valence-electron chi connectivity index (χ0n) is 22.0. The van der Waals surface area contributed by atoms with E-state index < -0.39 is 23.5 Å². The highest BCUT2D eigenvalue weighted by atomic mass is 19.1. The fourth-order valence-electron chi connectivity index (χ4n) is 4.72. The molecule has 0 bridgehead atoms. The summed E-state index contributed by atoms with van der Waals surface area (Å²) in [6, 6.07) is 19.6. The van der Waals surface area contributed by atoms with Crippen LogP contribution in [0, 0.1) is 12.7 Å². The van der Waals surface area contributed by atoms with Gasteiger partial charge in [-0.05, 0) is 61.5 Å². The Bertz CT molecular complexity index is 1330. The molecule has 0 aromatic heterocycles. The predicted molar refractivity (Wildman–Crippen MR) is 145 cm³/mol. The molecular formula is C31H33FN2O4. The van der Waals surface area contributed by atoms with Crippen molar-refractivity contribution in [2.75, 3.05) is 26.2 Å². The summed E-state index contributed by atoms with van der Waals surface area (Å²) in [6.07, 6.45) is 0. The molecular weight excluding hydrogens is 483 g/mol. The molecule has 3 aromatic carbocycles. The molecule has 1 aliphatic rings. The Kier molecular flexibility index (Phi) is 8.59. The second-order valence-electron chi connectivity index (χ2n) is 9.28. The molecule has 1 aliphatic heterocycles. The SMILES string of the molecule is CCN(CC)CCN1C(=O)C(=O)/C(=C(/O)c2ccc(OCc3ccccc3C)cc2)C1c1ccccc1F. The summed E-state index contributed by atoms with van der Waals surface area (Å²) in [5, 5.41) is 11.3. The van der Waals surface area contributed by atoms with Crippen molar-refractivity contribution in [2.45, 2.75) is 33.4 Å². The van der Waals surface area contributed by atoms with Gasteiger partial charge in [0.15, 0.2) is 0 Å². The van der Waals surface area contributed by atoms with Gasteiger partial charge < -0.3 is 19.6 Å². The van der Waals surface area contributed by atoms with Gasteiger partial charge in [-0.2, -0.15) is 0 Å². The Labute approximate surface area is 223 Å². The number of carbonyl (C=O) groups excluding carboxylic acids is 2. The highest BCUT2D eigenvalue weighted by Gasteiger charge is 2.46. The van der Waals surface area contributed by atoms with Crippen LogP contribution >= 0.6 is 0 Å². The number of carbonyl (C=O) groups is 2. The van der Waals surface area contributed by atoms with Crippen LogP contribution in [-0.2, 0) is 16.2 Å². The third-order valence-electron chi connectivity index (χ3n) is 7.07. The molecule has 1 N–H and O–H groups in total. The quantitative estimate of drug-likeness (QED) is 0.220. The molecule has 1 amide bonds. The van der Waals surface area contributed by atoms with E-state index in [9.17, 15) is 19.1 Å². The number of hydrogen-bond donors (Lipinski definition) is 1. The summed E-state index contributed by atoms with van der Waals surface area (Å²) in [7, 11) is 0. The summed E-state index contributed by atoms with van der Waals surface area (Å²) in [4.78, 5) is 29.8. The number of rotatable bonds is 10. The van der Waals surface area contributed by atoms with Crippen LogP contribution in [0.25, 0.3) is 5.76 Å². The summed E-state index contributed by atoms with van der Waals surface area (Å²) < 4.78 is 20.9. The first-order valence-corrected chi connectivity index (χ1v) is 12.9. The highest BCUT2D eigenvalue weighted by Crippen LogP contribution is 2.40. The van der Waals surface area contributed by atoms with Gasteiger partial charge in [0, 0.05) is 24.2 Å². The molecule has 1 atom stereocenters. The summed E-state index contributed by atoms with van der Waals surface area (Å²) in [5.74, 6) is -1.86. The van der Waals surface area contributed by atoms with E-state index in [1.807, 2.05) is 45.0 Å². The topological polar surface area (TPSA) is 70.1 Å². The number of ether oxygens (including phenoxy) is 1. The van der Waals surface area contributed by atoms with Crippen LogP contribution < -0.4 is 4.74 Å². The summed E-state index contributed by atoms with van der Waals surface area (Å²) >= 11 is 0. The first kappa shape index (κ1) is 27.1. The second kappa shape index (κ2) is 12.0. The van der Waals surface area contributed by atoms with Crippen molar-refractivity contribution >= 4 is 17.4 Å². The normalized spacial score (nSPS) is 16.9. The van der Waals surface area contributed by atoms with Gasteiger partial charge in [0.05, 0.1) is 11.6 Å². The van der Waals surface area contributed by atoms with Gasteiger partial charge in [-0.15, -0.1) is 0 Å². The highest BCUT2D eigenvalue weighted by molar-refractivity contribution is 6.46. The van der Waals surface area contributed by atoms with E-state index in [0.717, 1.165) is 24.2 Å². The average Bonchev–Trinajstić information content (AvgIpc) is 3.18. The number of aliphatic hydroxyl groups excluding tert-OH is 1. The van der Waals surface area contributed by atoms with Crippen molar-refractivity contribution in [1.82, 2.24) is 9.80 Å². The Morgan fingerprint density at radius 3 is 2.29 bits per heavy atom. The Hall–Kier alpha value is -3.97. The average molecular weight is 517 g/mol. The van der Waals surface area contributed by atoms with Crippen LogP contribution in [0.2, 0.25) is 0 Å². The smallest absolute Gasteiger partial charge is 0.295 e. The number of Topliss-reactive ketones (excluding diaryl/α,β-unsaturated/α-hetero) is 1. The minimum absolute atomic E-state index is 0.117. The Morgan fingerprint density at radius 2 is 1.63 bits per heavy atom. The molecule has 0 saturated carbocycles. The number of likely N-dealkylation sites (N-methyl/N-ethyl adjacent to an activating group) is 1. The third-order valence-corrected chi connectivity index (χ3v) is 7.07. The Morgan fingerprint density at radius 1 is 0.974 bits per heavy atom. The number of halogens is 1. The van der Waals surface area contributed by atoms with Crippen molar-refractivity contribution < 1.29 is 23.8 Å². The van der Waals surface area contributed by atoms with E-state index >= 15 is 0 Å². The number of benzene rings is 3. The molecule has 1 fully saturated rings. The van der Waals surface area contributed by atoms with Crippen molar-refractivity contribution in [2.24, 2.45) is 0 Å². The fraction of sp³-hybridized carbons (Fsp3) is 0.290. The monoisotopic (exact) mass is 516 g/mol. The largest absolute Gasteiger partial charge is 0.507 e. The van der Waals surface area contributed by atoms with E-state index in [0.29, 0.717) is 24.5 Å². The molecule has 1 heterocycles. The molecule has 4 rings (SSSR count). The van der Waals surface area contributed by atoms with Gasteiger partial charge in [0.2, 0.25) is 0 Å². The minimum Gasteiger partial charge on any atom is -0.507 e. The molecule has 198 valence electrons. The lowest BCUT2D eigenvalue weighted by Crippen LogP contribution is -2.38. The standard InChI is InChI=1S/C31H33FN2O4/c1-4-33(5-2)18-19-34-28(25-12-8-9-13-26(25)32)27(30(36)31(34)37)29(35)22-14-16-24(17-15-22)38-20-23-11-7-6-10-21(23)3/h6-17,28,35H,4-5,18-20H2,1-3H3/b29-27+. The van der Waals surface area contributed by atoms with E-state index in [1.54, 1.807) is 42.5 Å². The maximum atomic E-state index is 15.0. The number of amides is 1. The molecule has 7 heteroatoms. The van der Waals surface area contributed by atoms with Crippen molar-refractivity contribution in [3.05, 3.63) is 106 Å². The van der Waals surface area contributed by atoms with Crippen LogP contribution in [-0.4, -0.2) is 52.8 Å². The molecule has 6 nitrogen and oxygen atoms in total. The van der Waals surface area contributed by atoms with Gasteiger partial charge in [-0.3, -0.25) is 9.59 Å². The Balaban J connectivity index is 1.65. The van der Waals surface area contributed by atoms with Gasteiger partial charge >= 0.3 is 0 Å². The molecule has 0 aliphatic carbocycles. The zero-order valence-corrected chi connectivity index (χ0v) is 22.0. The van der Waals surface area contributed by atoms with Crippen LogP contribution in [0.3, 0.4) is 0 Å². The first-order chi connectivity index (χ1) is 18.3. The number of hydrogen-bond acceptors (Lipinski definition) is 5. The molecule has 1 saturated heterocycles.